The number of aromatic nitrogens is 4. The molecule has 1 aromatic carbocycles. The van der Waals surface area contributed by atoms with Crippen molar-refractivity contribution in [3.8, 4) is 11.4 Å². The van der Waals surface area contributed by atoms with Crippen LogP contribution in [-0.4, -0.2) is 63.5 Å². The Balaban J connectivity index is 1.37. The van der Waals surface area contributed by atoms with Crippen LogP contribution < -0.4 is 0 Å². The molecule has 1 fully saturated rings. The average Bonchev–Trinajstić information content (AvgIpc) is 3.30. The number of nitrogens with zero attached hydrogens (tertiary/aromatic N) is 6. The van der Waals surface area contributed by atoms with E-state index in [-0.39, 0.29) is 5.03 Å². The first kappa shape index (κ1) is 20.0. The zero-order valence-electron chi connectivity index (χ0n) is 16.1. The second-order valence-electron chi connectivity index (χ2n) is 6.94. The molecule has 4 rings (SSSR count). The van der Waals surface area contributed by atoms with Crippen LogP contribution in [0, 0.1) is 6.92 Å². The second-order valence-corrected chi connectivity index (χ2v) is 9.26. The van der Waals surface area contributed by atoms with Gasteiger partial charge in [0, 0.05) is 50.0 Å². The summed E-state index contributed by atoms with van der Waals surface area (Å²) in [5.41, 5.74) is 0.825. The van der Waals surface area contributed by atoms with Gasteiger partial charge in [-0.2, -0.15) is 9.29 Å². The van der Waals surface area contributed by atoms with Gasteiger partial charge in [0.1, 0.15) is 5.82 Å². The lowest BCUT2D eigenvalue weighted by molar-refractivity contribution is 0.163. The Kier molecular flexibility index (Phi) is 5.43. The third kappa shape index (κ3) is 4.20. The number of rotatable bonds is 5. The van der Waals surface area contributed by atoms with Gasteiger partial charge >= 0.3 is 0 Å². The van der Waals surface area contributed by atoms with E-state index >= 15 is 0 Å². The van der Waals surface area contributed by atoms with Crippen LogP contribution in [0.4, 0.5) is 0 Å². The van der Waals surface area contributed by atoms with Crippen molar-refractivity contribution in [3.05, 3.63) is 47.2 Å². The molecule has 1 aliphatic rings. The first-order valence-corrected chi connectivity index (χ1v) is 11.0. The first-order valence-electron chi connectivity index (χ1n) is 9.14. The molecule has 0 atom stereocenters. The molecule has 9 nitrogen and oxygen atoms in total. The van der Waals surface area contributed by atoms with Gasteiger partial charge in [-0.05, 0) is 31.2 Å². The molecule has 3 heterocycles. The van der Waals surface area contributed by atoms with Gasteiger partial charge in [-0.1, -0.05) is 16.8 Å². The topological polar surface area (TPSA) is 97.4 Å². The largest absolute Gasteiger partial charge is 0.338 e. The Morgan fingerprint density at radius 2 is 1.79 bits per heavy atom. The lowest BCUT2D eigenvalue weighted by atomic mass is 10.2. The van der Waals surface area contributed by atoms with E-state index in [4.69, 9.17) is 16.1 Å². The second kappa shape index (κ2) is 7.86. The molecule has 0 radical (unpaired) electrons. The molecular weight excluding hydrogens is 416 g/mol. The Labute approximate surface area is 174 Å². The van der Waals surface area contributed by atoms with Crippen LogP contribution in [0.15, 0.2) is 40.0 Å². The van der Waals surface area contributed by atoms with Gasteiger partial charge in [-0.15, -0.1) is 0 Å². The van der Waals surface area contributed by atoms with Crippen molar-refractivity contribution >= 4 is 21.6 Å². The molecule has 0 spiro atoms. The minimum absolute atomic E-state index is 0.0930. The average molecular weight is 437 g/mol. The van der Waals surface area contributed by atoms with Crippen molar-refractivity contribution < 1.29 is 12.9 Å². The highest BCUT2D eigenvalue weighted by atomic mass is 35.5. The molecular formula is C18H21ClN6O3S. The molecule has 1 aliphatic heterocycles. The molecule has 11 heteroatoms. The fraction of sp³-hybridized carbons (Fsp3) is 0.389. The summed E-state index contributed by atoms with van der Waals surface area (Å²) in [4.78, 5) is 10.7. The number of aryl methyl sites for hydroxylation is 2. The summed E-state index contributed by atoms with van der Waals surface area (Å²) in [5, 5.41) is 4.75. The van der Waals surface area contributed by atoms with E-state index in [1.54, 1.807) is 36.9 Å². The molecule has 0 saturated carbocycles. The van der Waals surface area contributed by atoms with Crippen LogP contribution in [0.5, 0.6) is 0 Å². The normalized spacial score (nSPS) is 16.4. The molecule has 1 saturated heterocycles. The Hall–Kier alpha value is -2.27. The van der Waals surface area contributed by atoms with Crippen molar-refractivity contribution in [1.82, 2.24) is 28.9 Å². The zero-order valence-corrected chi connectivity index (χ0v) is 17.7. The number of halogens is 1. The van der Waals surface area contributed by atoms with Crippen LogP contribution in [0.25, 0.3) is 11.4 Å². The highest BCUT2D eigenvalue weighted by molar-refractivity contribution is 7.89. The van der Waals surface area contributed by atoms with E-state index in [0.29, 0.717) is 55.3 Å². The fourth-order valence-corrected chi connectivity index (χ4v) is 4.71. The van der Waals surface area contributed by atoms with Crippen LogP contribution in [0.1, 0.15) is 11.7 Å². The van der Waals surface area contributed by atoms with E-state index in [9.17, 15) is 8.42 Å². The van der Waals surface area contributed by atoms with Crippen LogP contribution >= 0.6 is 11.6 Å². The number of hydrogen-bond donors (Lipinski definition) is 0. The Morgan fingerprint density at radius 3 is 2.41 bits per heavy atom. The standard InChI is InChI=1S/C18H21ClN6O3S/c1-13-20-17(12-23(13)2)29(26,27)25-9-7-24(8-10-25)11-16-21-18(22-28-16)14-3-5-15(19)6-4-14/h3-6,12H,7-11H2,1-2H3. The van der Waals surface area contributed by atoms with Gasteiger partial charge in [0.15, 0.2) is 5.03 Å². The van der Waals surface area contributed by atoms with Gasteiger partial charge < -0.3 is 9.09 Å². The minimum atomic E-state index is -3.58. The summed E-state index contributed by atoms with van der Waals surface area (Å²) < 4.78 is 34.1. The number of benzene rings is 1. The molecule has 2 aromatic heterocycles. The minimum Gasteiger partial charge on any atom is -0.338 e. The smallest absolute Gasteiger partial charge is 0.262 e. The van der Waals surface area contributed by atoms with E-state index in [1.165, 1.54) is 4.31 Å². The van der Waals surface area contributed by atoms with Gasteiger partial charge in [-0.25, -0.2) is 13.4 Å². The maximum absolute atomic E-state index is 12.8. The van der Waals surface area contributed by atoms with Crippen molar-refractivity contribution in [1.29, 1.82) is 0 Å². The summed E-state index contributed by atoms with van der Waals surface area (Å²) >= 11 is 5.90. The van der Waals surface area contributed by atoms with Gasteiger partial charge in [-0.3, -0.25) is 4.90 Å². The molecule has 0 bridgehead atoms. The highest BCUT2D eigenvalue weighted by Crippen LogP contribution is 2.20. The SMILES string of the molecule is Cc1nc(S(=O)(=O)N2CCN(Cc3nc(-c4ccc(Cl)cc4)no3)CC2)cn1C. The quantitative estimate of drug-likeness (QED) is 0.602. The highest BCUT2D eigenvalue weighted by Gasteiger charge is 2.31. The van der Waals surface area contributed by atoms with Crippen LogP contribution in [0.2, 0.25) is 5.02 Å². The zero-order chi connectivity index (χ0) is 20.6. The number of hydrogen-bond acceptors (Lipinski definition) is 7. The molecule has 3 aromatic rings. The maximum Gasteiger partial charge on any atom is 0.262 e. The van der Waals surface area contributed by atoms with Gasteiger partial charge in [0.25, 0.3) is 10.0 Å². The van der Waals surface area contributed by atoms with Crippen LogP contribution in [-0.2, 0) is 23.6 Å². The van der Waals surface area contributed by atoms with Gasteiger partial charge in [0.2, 0.25) is 11.7 Å². The molecule has 0 aliphatic carbocycles. The lowest BCUT2D eigenvalue weighted by Crippen LogP contribution is -2.48. The van der Waals surface area contributed by atoms with E-state index in [0.717, 1.165) is 5.56 Å². The van der Waals surface area contributed by atoms with Crippen molar-refractivity contribution in [2.24, 2.45) is 7.05 Å². The number of piperazine rings is 1. The van der Waals surface area contributed by atoms with Crippen molar-refractivity contribution in [3.63, 3.8) is 0 Å². The van der Waals surface area contributed by atoms with E-state index < -0.39 is 10.0 Å². The van der Waals surface area contributed by atoms with Gasteiger partial charge in [0.05, 0.1) is 6.54 Å². The summed E-state index contributed by atoms with van der Waals surface area (Å²) in [6.45, 7) is 4.16. The molecule has 29 heavy (non-hydrogen) atoms. The van der Waals surface area contributed by atoms with Crippen molar-refractivity contribution in [2.45, 2.75) is 18.5 Å². The molecule has 154 valence electrons. The fourth-order valence-electron chi connectivity index (χ4n) is 3.14. The van der Waals surface area contributed by atoms with Crippen molar-refractivity contribution in [2.75, 3.05) is 26.2 Å². The molecule has 0 N–H and O–H groups in total. The third-order valence-electron chi connectivity index (χ3n) is 4.95. The third-order valence-corrected chi connectivity index (χ3v) is 6.97. The monoisotopic (exact) mass is 436 g/mol. The summed E-state index contributed by atoms with van der Waals surface area (Å²) in [6.07, 6.45) is 1.55. The number of imidazole rings is 1. The predicted octanol–water partition coefficient (Wildman–Crippen LogP) is 1.94. The molecule has 0 amide bonds. The Bertz CT molecular complexity index is 1080. The summed E-state index contributed by atoms with van der Waals surface area (Å²) in [5.74, 6) is 1.66. The first-order chi connectivity index (χ1) is 13.8. The lowest BCUT2D eigenvalue weighted by Gasteiger charge is -2.32. The van der Waals surface area contributed by atoms with Crippen LogP contribution in [0.3, 0.4) is 0 Å². The van der Waals surface area contributed by atoms with E-state index in [1.807, 2.05) is 12.1 Å². The maximum atomic E-state index is 12.8. The summed E-state index contributed by atoms with van der Waals surface area (Å²) in [7, 11) is -1.80. The summed E-state index contributed by atoms with van der Waals surface area (Å²) in [6, 6.07) is 7.21. The Morgan fingerprint density at radius 1 is 1.10 bits per heavy atom. The van der Waals surface area contributed by atoms with E-state index in [2.05, 4.69) is 20.0 Å². The number of sulfonamides is 1. The molecule has 0 unspecified atom stereocenters. The predicted molar refractivity (Wildman–Crippen MR) is 107 cm³/mol.